The number of aromatic carboxylic acids is 1. The number of ether oxygens (including phenoxy) is 1. The Hall–Kier alpha value is -3.07. The van der Waals surface area contributed by atoms with Crippen molar-refractivity contribution in [1.29, 1.82) is 0 Å². The van der Waals surface area contributed by atoms with Gasteiger partial charge in [0.15, 0.2) is 0 Å². The Morgan fingerprint density at radius 1 is 1.06 bits per heavy atom. The summed E-state index contributed by atoms with van der Waals surface area (Å²) in [6, 6.07) is 15.9. The standard InChI is InChI=1S/C24H24ClN3O4S/c25-17-3-6-19(7-4-17)32-14-13-27-9-11-28(12-10-27)21-8-5-18(16-20(21)24(30)31)26-23(29)22-2-1-15-33-22/h1-8,15-16H,9-14H2,(H,26,29)(H,30,31). The molecule has 2 N–H and O–H groups in total. The lowest BCUT2D eigenvalue weighted by Crippen LogP contribution is -2.47. The molecular formula is C24H24ClN3O4S. The molecule has 1 saturated heterocycles. The van der Waals surface area contributed by atoms with Crippen LogP contribution >= 0.6 is 22.9 Å². The maximum atomic E-state index is 12.3. The van der Waals surface area contributed by atoms with E-state index in [9.17, 15) is 14.7 Å². The molecule has 3 aromatic rings. The van der Waals surface area contributed by atoms with E-state index in [2.05, 4.69) is 15.1 Å². The van der Waals surface area contributed by atoms with Gasteiger partial charge in [-0.25, -0.2) is 4.79 Å². The van der Waals surface area contributed by atoms with Gasteiger partial charge in [0.2, 0.25) is 0 Å². The Labute approximate surface area is 201 Å². The minimum Gasteiger partial charge on any atom is -0.492 e. The second kappa shape index (κ2) is 10.7. The topological polar surface area (TPSA) is 82.1 Å². The maximum absolute atomic E-state index is 12.3. The van der Waals surface area contributed by atoms with Crippen molar-refractivity contribution in [3.63, 3.8) is 0 Å². The number of hydrogen-bond donors (Lipinski definition) is 2. The summed E-state index contributed by atoms with van der Waals surface area (Å²) in [5.41, 5.74) is 1.31. The van der Waals surface area contributed by atoms with Crippen LogP contribution in [0.5, 0.6) is 5.75 Å². The van der Waals surface area contributed by atoms with Crippen LogP contribution in [0, 0.1) is 0 Å². The number of nitrogens with zero attached hydrogens (tertiary/aromatic N) is 2. The van der Waals surface area contributed by atoms with Crippen molar-refractivity contribution < 1.29 is 19.4 Å². The lowest BCUT2D eigenvalue weighted by atomic mass is 10.1. The molecule has 2 heterocycles. The lowest BCUT2D eigenvalue weighted by Gasteiger charge is -2.36. The minimum absolute atomic E-state index is 0.179. The fraction of sp³-hybridized carbons (Fsp3) is 0.250. The second-order valence-electron chi connectivity index (χ2n) is 7.60. The van der Waals surface area contributed by atoms with E-state index in [1.54, 1.807) is 36.4 Å². The second-order valence-corrected chi connectivity index (χ2v) is 8.98. The van der Waals surface area contributed by atoms with Crippen LogP contribution in [0.4, 0.5) is 11.4 Å². The first-order valence-corrected chi connectivity index (χ1v) is 11.8. The molecule has 0 unspecified atom stereocenters. The molecule has 0 spiro atoms. The zero-order chi connectivity index (χ0) is 23.2. The summed E-state index contributed by atoms with van der Waals surface area (Å²) in [5.74, 6) is -0.477. The number of piperazine rings is 1. The van der Waals surface area contributed by atoms with Gasteiger partial charge >= 0.3 is 5.97 Å². The first kappa shape index (κ1) is 23.1. The van der Waals surface area contributed by atoms with Gasteiger partial charge in [-0.2, -0.15) is 0 Å². The molecule has 0 radical (unpaired) electrons. The van der Waals surface area contributed by atoms with Crippen LogP contribution in [0.2, 0.25) is 5.02 Å². The summed E-state index contributed by atoms with van der Waals surface area (Å²) in [5, 5.41) is 15.0. The van der Waals surface area contributed by atoms with Crippen LogP contribution in [0.3, 0.4) is 0 Å². The highest BCUT2D eigenvalue weighted by Gasteiger charge is 2.22. The van der Waals surface area contributed by atoms with Crippen LogP contribution < -0.4 is 15.0 Å². The molecule has 4 rings (SSSR count). The number of carbonyl (C=O) groups is 2. The summed E-state index contributed by atoms with van der Waals surface area (Å²) in [6.45, 7) is 4.39. The molecule has 0 aliphatic carbocycles. The average molecular weight is 486 g/mol. The molecule has 1 aliphatic heterocycles. The Morgan fingerprint density at radius 3 is 2.48 bits per heavy atom. The number of carboxylic acids is 1. The Kier molecular flexibility index (Phi) is 7.49. The van der Waals surface area contributed by atoms with Gasteiger partial charge in [-0.05, 0) is 53.9 Å². The summed E-state index contributed by atoms with van der Waals surface area (Å²) >= 11 is 7.23. The zero-order valence-electron chi connectivity index (χ0n) is 17.9. The number of benzene rings is 2. The molecule has 2 aromatic carbocycles. The third kappa shape index (κ3) is 6.04. The predicted molar refractivity (Wildman–Crippen MR) is 131 cm³/mol. The first-order chi connectivity index (χ1) is 16.0. The van der Waals surface area contributed by atoms with E-state index in [-0.39, 0.29) is 11.5 Å². The Balaban J connectivity index is 1.32. The molecule has 7 nitrogen and oxygen atoms in total. The number of halogens is 1. The van der Waals surface area contributed by atoms with Crippen molar-refractivity contribution in [2.24, 2.45) is 0 Å². The number of carboxylic acid groups (broad SMARTS) is 1. The molecule has 0 saturated carbocycles. The van der Waals surface area contributed by atoms with Crippen molar-refractivity contribution in [2.45, 2.75) is 0 Å². The third-order valence-corrected chi connectivity index (χ3v) is 6.55. The number of nitrogens with one attached hydrogen (secondary N) is 1. The summed E-state index contributed by atoms with van der Waals surface area (Å²) < 4.78 is 5.77. The first-order valence-electron chi connectivity index (χ1n) is 10.6. The van der Waals surface area contributed by atoms with Crippen molar-refractivity contribution in [1.82, 2.24) is 4.90 Å². The van der Waals surface area contributed by atoms with Crippen LogP contribution in [0.25, 0.3) is 0 Å². The highest BCUT2D eigenvalue weighted by molar-refractivity contribution is 7.12. The van der Waals surface area contributed by atoms with Gasteiger partial charge in [-0.1, -0.05) is 17.7 Å². The van der Waals surface area contributed by atoms with Gasteiger partial charge in [0.25, 0.3) is 5.91 Å². The number of amides is 1. The number of anilines is 2. The summed E-state index contributed by atoms with van der Waals surface area (Å²) in [6.07, 6.45) is 0. The molecule has 0 bridgehead atoms. The lowest BCUT2D eigenvalue weighted by molar-refractivity contribution is 0.0697. The van der Waals surface area contributed by atoms with E-state index in [4.69, 9.17) is 16.3 Å². The monoisotopic (exact) mass is 485 g/mol. The largest absolute Gasteiger partial charge is 0.492 e. The number of hydrogen-bond acceptors (Lipinski definition) is 6. The van der Waals surface area contributed by atoms with Crippen molar-refractivity contribution in [3.05, 3.63) is 75.4 Å². The molecule has 1 aromatic heterocycles. The molecule has 1 amide bonds. The summed E-state index contributed by atoms with van der Waals surface area (Å²) in [7, 11) is 0. The summed E-state index contributed by atoms with van der Waals surface area (Å²) in [4.78, 5) is 29.2. The molecule has 1 fully saturated rings. The predicted octanol–water partition coefficient (Wildman–Crippen LogP) is 4.55. The fourth-order valence-electron chi connectivity index (χ4n) is 3.70. The van der Waals surface area contributed by atoms with Crippen molar-refractivity contribution >= 4 is 46.2 Å². The van der Waals surface area contributed by atoms with Crippen LogP contribution in [0.1, 0.15) is 20.0 Å². The van der Waals surface area contributed by atoms with E-state index in [1.165, 1.54) is 17.4 Å². The van der Waals surface area contributed by atoms with E-state index in [0.717, 1.165) is 25.4 Å². The number of carbonyl (C=O) groups excluding carboxylic acids is 1. The highest BCUT2D eigenvalue weighted by atomic mass is 35.5. The van der Waals surface area contributed by atoms with Crippen LogP contribution in [-0.2, 0) is 0 Å². The maximum Gasteiger partial charge on any atom is 0.337 e. The number of rotatable bonds is 8. The van der Waals surface area contributed by atoms with E-state index < -0.39 is 5.97 Å². The average Bonchev–Trinajstić information content (AvgIpc) is 3.36. The van der Waals surface area contributed by atoms with Gasteiger partial charge in [0.05, 0.1) is 16.1 Å². The molecule has 1 aliphatic rings. The van der Waals surface area contributed by atoms with Gasteiger partial charge in [0, 0.05) is 43.4 Å². The molecule has 172 valence electrons. The zero-order valence-corrected chi connectivity index (χ0v) is 19.4. The minimum atomic E-state index is -1.02. The smallest absolute Gasteiger partial charge is 0.337 e. The molecular weight excluding hydrogens is 462 g/mol. The normalized spacial score (nSPS) is 14.2. The number of thiophene rings is 1. The van der Waals surface area contributed by atoms with E-state index >= 15 is 0 Å². The van der Waals surface area contributed by atoms with Crippen molar-refractivity contribution in [3.8, 4) is 5.75 Å². The Morgan fingerprint density at radius 2 is 1.82 bits per heavy atom. The third-order valence-electron chi connectivity index (χ3n) is 5.43. The van der Waals surface area contributed by atoms with Gasteiger partial charge in [-0.3, -0.25) is 9.69 Å². The SMILES string of the molecule is O=C(Nc1ccc(N2CCN(CCOc3ccc(Cl)cc3)CC2)c(C(=O)O)c1)c1cccs1. The van der Waals surface area contributed by atoms with Crippen molar-refractivity contribution in [2.75, 3.05) is 49.5 Å². The fourth-order valence-corrected chi connectivity index (χ4v) is 4.44. The van der Waals surface area contributed by atoms with E-state index in [1.807, 2.05) is 17.5 Å². The van der Waals surface area contributed by atoms with Crippen LogP contribution in [-0.4, -0.2) is 61.2 Å². The van der Waals surface area contributed by atoms with Gasteiger partial charge in [-0.15, -0.1) is 11.3 Å². The quantitative estimate of drug-likeness (QED) is 0.487. The molecule has 9 heteroatoms. The highest BCUT2D eigenvalue weighted by Crippen LogP contribution is 2.26. The molecule has 33 heavy (non-hydrogen) atoms. The van der Waals surface area contributed by atoms with Gasteiger partial charge < -0.3 is 20.1 Å². The Bertz CT molecular complexity index is 1100. The van der Waals surface area contributed by atoms with E-state index in [0.29, 0.717) is 41.0 Å². The van der Waals surface area contributed by atoms with Crippen LogP contribution in [0.15, 0.2) is 60.0 Å². The molecule has 0 atom stereocenters. The van der Waals surface area contributed by atoms with Gasteiger partial charge in [0.1, 0.15) is 12.4 Å².